The van der Waals surface area contributed by atoms with E-state index in [4.69, 9.17) is 4.74 Å². The number of nitrogens with zero attached hydrogens (tertiary/aromatic N) is 1. The van der Waals surface area contributed by atoms with Crippen LogP contribution in [0.2, 0.25) is 0 Å². The number of aryl methyl sites for hydroxylation is 1. The minimum atomic E-state index is -0.0735. The lowest BCUT2D eigenvalue weighted by molar-refractivity contribution is -0.145. The summed E-state index contributed by atoms with van der Waals surface area (Å²) in [5, 5.41) is 1.10. The van der Waals surface area contributed by atoms with E-state index in [0.29, 0.717) is 18.9 Å². The van der Waals surface area contributed by atoms with Gasteiger partial charge in [0.05, 0.1) is 21.8 Å². The van der Waals surface area contributed by atoms with Gasteiger partial charge < -0.3 is 4.74 Å². The zero-order valence-electron chi connectivity index (χ0n) is 12.7. The molecule has 0 radical (unpaired) electrons. The minimum Gasteiger partial charge on any atom is -0.465 e. The molecule has 0 aliphatic heterocycles. The lowest BCUT2D eigenvalue weighted by Crippen LogP contribution is -2.15. The quantitative estimate of drug-likeness (QED) is 0.581. The van der Waals surface area contributed by atoms with Gasteiger partial charge in [0, 0.05) is 6.42 Å². The lowest BCUT2D eigenvalue weighted by atomic mass is 9.95. The smallest absolute Gasteiger partial charge is 0.305 e. The van der Waals surface area contributed by atoms with Crippen molar-refractivity contribution in [3.63, 3.8) is 0 Å². The van der Waals surface area contributed by atoms with Crippen LogP contribution in [0.25, 0.3) is 10.2 Å². The van der Waals surface area contributed by atoms with Crippen molar-refractivity contribution < 1.29 is 9.53 Å². The van der Waals surface area contributed by atoms with E-state index >= 15 is 0 Å². The van der Waals surface area contributed by atoms with E-state index in [-0.39, 0.29) is 5.97 Å². The summed E-state index contributed by atoms with van der Waals surface area (Å²) in [6.45, 7) is 0.574. The molecule has 3 nitrogen and oxygen atoms in total. The molecule has 3 rings (SSSR count). The second kappa shape index (κ2) is 7.54. The summed E-state index contributed by atoms with van der Waals surface area (Å²) in [6, 6.07) is 8.15. The van der Waals surface area contributed by atoms with E-state index in [9.17, 15) is 4.79 Å². The van der Waals surface area contributed by atoms with Gasteiger partial charge in [-0.25, -0.2) is 4.98 Å². The van der Waals surface area contributed by atoms with Crippen LogP contribution < -0.4 is 0 Å². The zero-order valence-corrected chi connectivity index (χ0v) is 13.5. The molecule has 116 valence electrons. The highest BCUT2D eigenvalue weighted by atomic mass is 32.1. The average molecular weight is 315 g/mol. The molecule has 1 aromatic heterocycles. The Hall–Kier alpha value is -1.68. The number of allylic oxidation sites excluding steroid dienone is 2. The molecule has 4 heteroatoms. The Morgan fingerprint density at radius 1 is 1.32 bits per heavy atom. The Balaban J connectivity index is 1.38. The molecule has 1 aliphatic carbocycles. The highest BCUT2D eigenvalue weighted by Gasteiger charge is 2.13. The molecule has 0 N–H and O–H groups in total. The molecule has 1 aromatic carbocycles. The van der Waals surface area contributed by atoms with Gasteiger partial charge in [-0.2, -0.15) is 0 Å². The number of benzene rings is 1. The van der Waals surface area contributed by atoms with Crippen molar-refractivity contribution in [3.8, 4) is 0 Å². The first-order valence-electron chi connectivity index (χ1n) is 7.96. The molecule has 0 bridgehead atoms. The standard InChI is InChI=1S/C18H21NO2S/c20-18(21-13-14-7-2-1-3-8-14)12-6-11-17-19-15-9-4-5-10-16(15)22-17/h1-2,4-5,9-10,14H,3,6-8,11-13H2. The summed E-state index contributed by atoms with van der Waals surface area (Å²) >= 11 is 1.71. The summed E-state index contributed by atoms with van der Waals surface area (Å²) in [5.74, 6) is 0.439. The third-order valence-electron chi connectivity index (χ3n) is 3.97. The number of hydrogen-bond acceptors (Lipinski definition) is 4. The molecular weight excluding hydrogens is 294 g/mol. The Kier molecular flexibility index (Phi) is 5.22. The topological polar surface area (TPSA) is 39.2 Å². The van der Waals surface area contributed by atoms with Crippen molar-refractivity contribution in [2.45, 2.75) is 38.5 Å². The third-order valence-corrected chi connectivity index (χ3v) is 5.06. The molecule has 1 atom stereocenters. The Bertz CT molecular complexity index is 629. The predicted octanol–water partition coefficient (Wildman–Crippen LogP) is 4.52. The zero-order chi connectivity index (χ0) is 15.2. The van der Waals surface area contributed by atoms with Crippen molar-refractivity contribution in [1.29, 1.82) is 0 Å². The van der Waals surface area contributed by atoms with Gasteiger partial charge in [-0.3, -0.25) is 4.79 Å². The van der Waals surface area contributed by atoms with Crippen LogP contribution in [0.5, 0.6) is 0 Å². The van der Waals surface area contributed by atoms with Gasteiger partial charge >= 0.3 is 5.97 Å². The van der Waals surface area contributed by atoms with Crippen molar-refractivity contribution in [2.75, 3.05) is 6.61 Å². The predicted molar refractivity (Wildman–Crippen MR) is 90.0 cm³/mol. The molecule has 0 saturated carbocycles. The summed E-state index contributed by atoms with van der Waals surface area (Å²) in [4.78, 5) is 16.4. The SMILES string of the molecule is O=C(CCCc1nc2ccccc2s1)OCC1CC=CCC1. The van der Waals surface area contributed by atoms with Crippen molar-refractivity contribution in [1.82, 2.24) is 4.98 Å². The summed E-state index contributed by atoms with van der Waals surface area (Å²) in [7, 11) is 0. The van der Waals surface area contributed by atoms with Gasteiger partial charge in [0.2, 0.25) is 0 Å². The fraction of sp³-hybridized carbons (Fsp3) is 0.444. The largest absolute Gasteiger partial charge is 0.465 e. The van der Waals surface area contributed by atoms with Crippen LogP contribution in [0, 0.1) is 5.92 Å². The average Bonchev–Trinajstić information content (AvgIpc) is 2.96. The Labute approximate surface area is 135 Å². The Morgan fingerprint density at radius 2 is 2.23 bits per heavy atom. The minimum absolute atomic E-state index is 0.0735. The maximum Gasteiger partial charge on any atom is 0.305 e. The van der Waals surface area contributed by atoms with Crippen molar-refractivity contribution >= 4 is 27.5 Å². The molecule has 2 aromatic rings. The van der Waals surface area contributed by atoms with Crippen molar-refractivity contribution in [2.24, 2.45) is 5.92 Å². The van der Waals surface area contributed by atoms with Crippen LogP contribution in [0.15, 0.2) is 36.4 Å². The van der Waals surface area contributed by atoms with E-state index in [0.717, 1.165) is 42.6 Å². The van der Waals surface area contributed by atoms with Crippen LogP contribution >= 0.6 is 11.3 Å². The number of fused-ring (bicyclic) bond motifs is 1. The van der Waals surface area contributed by atoms with Gasteiger partial charge in [0.1, 0.15) is 0 Å². The highest BCUT2D eigenvalue weighted by molar-refractivity contribution is 7.18. The van der Waals surface area contributed by atoms with Crippen molar-refractivity contribution in [3.05, 3.63) is 41.4 Å². The molecule has 0 fully saturated rings. The lowest BCUT2D eigenvalue weighted by Gasteiger charge is -2.17. The van der Waals surface area contributed by atoms with E-state index in [1.807, 2.05) is 18.2 Å². The molecule has 0 amide bonds. The van der Waals surface area contributed by atoms with Gasteiger partial charge in [0.15, 0.2) is 0 Å². The highest BCUT2D eigenvalue weighted by Crippen LogP contribution is 2.23. The van der Waals surface area contributed by atoms with E-state index in [2.05, 4.69) is 23.2 Å². The fourth-order valence-corrected chi connectivity index (χ4v) is 3.71. The molecule has 0 spiro atoms. The summed E-state index contributed by atoms with van der Waals surface area (Å²) in [6.07, 6.45) is 9.82. The van der Waals surface area contributed by atoms with Crippen LogP contribution in [-0.2, 0) is 16.0 Å². The summed E-state index contributed by atoms with van der Waals surface area (Å²) in [5.41, 5.74) is 1.05. The molecule has 1 heterocycles. The van der Waals surface area contributed by atoms with Gasteiger partial charge in [0.25, 0.3) is 0 Å². The molecule has 22 heavy (non-hydrogen) atoms. The van der Waals surface area contributed by atoms with E-state index in [1.54, 1.807) is 11.3 Å². The fourth-order valence-electron chi connectivity index (χ4n) is 2.70. The number of aromatic nitrogens is 1. The number of carbonyl (C=O) groups is 1. The molecular formula is C18H21NO2S. The maximum atomic E-state index is 11.8. The first-order valence-corrected chi connectivity index (χ1v) is 8.78. The number of esters is 1. The summed E-state index contributed by atoms with van der Waals surface area (Å²) < 4.78 is 6.60. The van der Waals surface area contributed by atoms with E-state index < -0.39 is 0 Å². The van der Waals surface area contributed by atoms with Crippen LogP contribution in [0.4, 0.5) is 0 Å². The van der Waals surface area contributed by atoms with Gasteiger partial charge in [-0.1, -0.05) is 24.3 Å². The number of hydrogen-bond donors (Lipinski definition) is 0. The number of carbonyl (C=O) groups excluding carboxylic acids is 1. The first kappa shape index (κ1) is 15.2. The number of thiazole rings is 1. The second-order valence-electron chi connectivity index (χ2n) is 5.76. The molecule has 0 saturated heterocycles. The van der Waals surface area contributed by atoms with E-state index in [1.165, 1.54) is 4.70 Å². The Morgan fingerprint density at radius 3 is 3.05 bits per heavy atom. The van der Waals surface area contributed by atoms with Crippen LogP contribution in [-0.4, -0.2) is 17.6 Å². The number of rotatable bonds is 6. The molecule has 1 aliphatic rings. The van der Waals surface area contributed by atoms with Crippen LogP contribution in [0.1, 0.15) is 37.1 Å². The maximum absolute atomic E-state index is 11.8. The normalized spacial score (nSPS) is 17.7. The number of para-hydroxylation sites is 1. The second-order valence-corrected chi connectivity index (χ2v) is 6.88. The first-order chi connectivity index (χ1) is 10.8. The van der Waals surface area contributed by atoms with Gasteiger partial charge in [-0.05, 0) is 50.2 Å². The van der Waals surface area contributed by atoms with Gasteiger partial charge in [-0.15, -0.1) is 11.3 Å². The third kappa shape index (κ3) is 4.17. The number of ether oxygens (including phenoxy) is 1. The van der Waals surface area contributed by atoms with Crippen LogP contribution in [0.3, 0.4) is 0 Å². The monoisotopic (exact) mass is 315 g/mol. The molecule has 1 unspecified atom stereocenters.